The zero-order valence-corrected chi connectivity index (χ0v) is 19.4. The quantitative estimate of drug-likeness (QED) is 0.546. The summed E-state index contributed by atoms with van der Waals surface area (Å²) in [5.41, 5.74) is -0.522. The van der Waals surface area contributed by atoms with Gasteiger partial charge in [-0.25, -0.2) is 4.79 Å². The van der Waals surface area contributed by atoms with Gasteiger partial charge in [0, 0.05) is 35.4 Å². The van der Waals surface area contributed by atoms with Crippen molar-refractivity contribution in [1.82, 2.24) is 9.80 Å². The molecule has 0 atom stereocenters. The van der Waals surface area contributed by atoms with Gasteiger partial charge in [-0.2, -0.15) is 13.2 Å². The molecule has 2 aromatic carbocycles. The molecule has 32 heavy (non-hydrogen) atoms. The standard InChI is InChI=1S/C22H21BrF3N3O2S/c23-16-7-5-15(6-8-16)19(30)29-13-14-32-21(29)9-11-28(12-10-21)20(31)27-18-4-2-1-3-17(18)22(24,25)26/h1-8H,9-14H2,(H,27,31). The van der Waals surface area contributed by atoms with Gasteiger partial charge in [0.25, 0.3) is 5.91 Å². The van der Waals surface area contributed by atoms with Crippen molar-refractivity contribution in [2.45, 2.75) is 23.9 Å². The van der Waals surface area contributed by atoms with E-state index in [1.165, 1.54) is 23.1 Å². The molecule has 1 N–H and O–H groups in total. The highest BCUT2D eigenvalue weighted by Gasteiger charge is 2.47. The number of carbonyl (C=O) groups is 2. The molecule has 2 saturated heterocycles. The van der Waals surface area contributed by atoms with E-state index < -0.39 is 22.6 Å². The SMILES string of the molecule is O=C(Nc1ccccc1C(F)(F)F)N1CCC2(CC1)SCCN2C(=O)c1ccc(Br)cc1. The fourth-order valence-electron chi connectivity index (χ4n) is 4.15. The van der Waals surface area contributed by atoms with Crippen LogP contribution in [0.3, 0.4) is 0 Å². The van der Waals surface area contributed by atoms with Crippen molar-refractivity contribution in [3.8, 4) is 0 Å². The maximum absolute atomic E-state index is 13.2. The third-order valence-corrected chi connectivity index (χ3v) is 7.90. The number of alkyl halides is 3. The van der Waals surface area contributed by atoms with Crippen LogP contribution in [0.15, 0.2) is 53.0 Å². The topological polar surface area (TPSA) is 52.7 Å². The Labute approximate surface area is 196 Å². The Morgan fingerprint density at radius 2 is 1.66 bits per heavy atom. The summed E-state index contributed by atoms with van der Waals surface area (Å²) in [5, 5.41) is 2.41. The van der Waals surface area contributed by atoms with Crippen LogP contribution in [0.1, 0.15) is 28.8 Å². The molecular formula is C22H21BrF3N3O2S. The third kappa shape index (κ3) is 4.61. The number of thioether (sulfide) groups is 1. The molecule has 2 aliphatic rings. The minimum Gasteiger partial charge on any atom is -0.324 e. The molecule has 0 radical (unpaired) electrons. The van der Waals surface area contributed by atoms with Gasteiger partial charge < -0.3 is 15.1 Å². The van der Waals surface area contributed by atoms with Gasteiger partial charge in [-0.3, -0.25) is 4.79 Å². The number of hydrogen-bond donors (Lipinski definition) is 1. The van der Waals surface area contributed by atoms with E-state index in [0.29, 0.717) is 38.0 Å². The summed E-state index contributed by atoms with van der Waals surface area (Å²) in [6.45, 7) is 1.35. The van der Waals surface area contributed by atoms with E-state index in [0.717, 1.165) is 16.3 Å². The second kappa shape index (κ2) is 8.97. The number of likely N-dealkylation sites (tertiary alicyclic amines) is 1. The van der Waals surface area contributed by atoms with E-state index in [1.54, 1.807) is 23.9 Å². The largest absolute Gasteiger partial charge is 0.418 e. The lowest BCUT2D eigenvalue weighted by molar-refractivity contribution is -0.136. The summed E-state index contributed by atoms with van der Waals surface area (Å²) in [7, 11) is 0. The van der Waals surface area contributed by atoms with Gasteiger partial charge in [0.15, 0.2) is 0 Å². The van der Waals surface area contributed by atoms with Crippen LogP contribution < -0.4 is 5.32 Å². The number of hydrogen-bond acceptors (Lipinski definition) is 3. The van der Waals surface area contributed by atoms with Crippen molar-refractivity contribution >= 4 is 45.3 Å². The molecule has 2 fully saturated rings. The van der Waals surface area contributed by atoms with E-state index in [9.17, 15) is 22.8 Å². The fraction of sp³-hybridized carbons (Fsp3) is 0.364. The Morgan fingerprint density at radius 1 is 1.00 bits per heavy atom. The van der Waals surface area contributed by atoms with E-state index in [-0.39, 0.29) is 11.6 Å². The molecule has 0 unspecified atom stereocenters. The molecule has 0 bridgehead atoms. The Kier molecular flexibility index (Phi) is 6.44. The summed E-state index contributed by atoms with van der Waals surface area (Å²) in [5.74, 6) is 0.771. The van der Waals surface area contributed by atoms with E-state index >= 15 is 0 Å². The molecule has 10 heteroatoms. The van der Waals surface area contributed by atoms with Crippen LogP contribution in [0.25, 0.3) is 0 Å². The lowest BCUT2D eigenvalue weighted by atomic mass is 10.0. The lowest BCUT2D eigenvalue weighted by Crippen LogP contribution is -2.54. The van der Waals surface area contributed by atoms with Crippen LogP contribution in [-0.4, -0.2) is 52.0 Å². The number of urea groups is 1. The van der Waals surface area contributed by atoms with Crippen LogP contribution in [0.4, 0.5) is 23.7 Å². The molecule has 4 rings (SSSR count). The predicted molar refractivity (Wildman–Crippen MR) is 122 cm³/mol. The summed E-state index contributed by atoms with van der Waals surface area (Å²) < 4.78 is 40.5. The van der Waals surface area contributed by atoms with Crippen LogP contribution in [0, 0.1) is 0 Å². The van der Waals surface area contributed by atoms with Crippen LogP contribution in [0.2, 0.25) is 0 Å². The molecule has 0 aromatic heterocycles. The van der Waals surface area contributed by atoms with E-state index in [2.05, 4.69) is 21.2 Å². The first-order valence-electron chi connectivity index (χ1n) is 10.1. The Hall–Kier alpha value is -2.20. The molecule has 2 heterocycles. The monoisotopic (exact) mass is 527 g/mol. The van der Waals surface area contributed by atoms with Gasteiger partial charge in [-0.15, -0.1) is 11.8 Å². The highest BCUT2D eigenvalue weighted by molar-refractivity contribution is 9.10. The normalized spacial score (nSPS) is 18.1. The predicted octanol–water partition coefficient (Wildman–Crippen LogP) is 5.68. The maximum atomic E-state index is 13.2. The fourth-order valence-corrected chi connectivity index (χ4v) is 5.87. The zero-order valence-electron chi connectivity index (χ0n) is 17.0. The Bertz CT molecular complexity index is 1010. The van der Waals surface area contributed by atoms with Crippen molar-refractivity contribution < 1.29 is 22.8 Å². The summed E-state index contributed by atoms with van der Waals surface area (Å²) in [4.78, 5) is 28.8. The number of para-hydroxylation sites is 1. The molecule has 170 valence electrons. The Balaban J connectivity index is 1.43. The average molecular weight is 528 g/mol. The smallest absolute Gasteiger partial charge is 0.324 e. The van der Waals surface area contributed by atoms with Crippen LogP contribution in [0.5, 0.6) is 0 Å². The number of nitrogens with zero attached hydrogens (tertiary/aromatic N) is 2. The Morgan fingerprint density at radius 3 is 2.31 bits per heavy atom. The number of amides is 3. The first-order chi connectivity index (χ1) is 15.2. The molecule has 5 nitrogen and oxygen atoms in total. The first kappa shape index (κ1) is 23.0. The molecular weight excluding hydrogens is 507 g/mol. The molecule has 3 amide bonds. The van der Waals surface area contributed by atoms with Gasteiger partial charge in [0.05, 0.1) is 16.1 Å². The molecule has 1 spiro atoms. The summed E-state index contributed by atoms with van der Waals surface area (Å²) in [6.07, 6.45) is -3.42. The number of anilines is 1. The van der Waals surface area contributed by atoms with Crippen LogP contribution >= 0.6 is 27.7 Å². The van der Waals surface area contributed by atoms with Crippen molar-refractivity contribution in [2.24, 2.45) is 0 Å². The van der Waals surface area contributed by atoms with Gasteiger partial charge in [-0.05, 0) is 49.2 Å². The number of carbonyl (C=O) groups excluding carboxylic acids is 2. The zero-order chi connectivity index (χ0) is 22.9. The number of rotatable bonds is 2. The highest BCUT2D eigenvalue weighted by Crippen LogP contribution is 2.44. The number of piperidine rings is 1. The van der Waals surface area contributed by atoms with Gasteiger partial charge in [-0.1, -0.05) is 28.1 Å². The van der Waals surface area contributed by atoms with Crippen molar-refractivity contribution in [1.29, 1.82) is 0 Å². The van der Waals surface area contributed by atoms with Crippen molar-refractivity contribution in [3.63, 3.8) is 0 Å². The highest BCUT2D eigenvalue weighted by atomic mass is 79.9. The molecule has 2 aliphatic heterocycles. The van der Waals surface area contributed by atoms with E-state index in [1.807, 2.05) is 17.0 Å². The minimum absolute atomic E-state index is 0.0421. The first-order valence-corrected chi connectivity index (χ1v) is 11.9. The molecule has 2 aromatic rings. The van der Waals surface area contributed by atoms with Crippen molar-refractivity contribution in [2.75, 3.05) is 30.7 Å². The second-order valence-corrected chi connectivity index (χ2v) is 10.1. The second-order valence-electron chi connectivity index (χ2n) is 7.72. The van der Waals surface area contributed by atoms with Crippen molar-refractivity contribution in [3.05, 3.63) is 64.1 Å². The van der Waals surface area contributed by atoms with Gasteiger partial charge in [0.2, 0.25) is 0 Å². The summed E-state index contributed by atoms with van der Waals surface area (Å²) in [6, 6.07) is 11.6. The van der Waals surface area contributed by atoms with Gasteiger partial charge in [0.1, 0.15) is 0 Å². The average Bonchev–Trinajstić information content (AvgIpc) is 3.16. The maximum Gasteiger partial charge on any atom is 0.418 e. The summed E-state index contributed by atoms with van der Waals surface area (Å²) >= 11 is 5.08. The van der Waals surface area contributed by atoms with Gasteiger partial charge >= 0.3 is 12.2 Å². The number of nitrogens with one attached hydrogen (secondary N) is 1. The van der Waals surface area contributed by atoms with E-state index in [4.69, 9.17) is 0 Å². The number of benzene rings is 2. The third-order valence-electron chi connectivity index (χ3n) is 5.82. The minimum atomic E-state index is -4.55. The van der Waals surface area contributed by atoms with Crippen LogP contribution in [-0.2, 0) is 6.18 Å². The molecule has 0 aliphatic carbocycles. The molecule has 0 saturated carbocycles. The number of halogens is 4. The lowest BCUT2D eigenvalue weighted by Gasteiger charge is -2.44.